The van der Waals surface area contributed by atoms with Crippen LogP contribution in [0.1, 0.15) is 16.7 Å². The van der Waals surface area contributed by atoms with Gasteiger partial charge in [0.2, 0.25) is 0 Å². The van der Waals surface area contributed by atoms with Gasteiger partial charge in [-0.1, -0.05) is 48.5 Å². The van der Waals surface area contributed by atoms with Gasteiger partial charge in [0, 0.05) is 18.8 Å². The highest BCUT2D eigenvalue weighted by atomic mass is 16.4. The van der Waals surface area contributed by atoms with Crippen molar-refractivity contribution in [3.63, 3.8) is 0 Å². The number of carboxylic acid groups (broad SMARTS) is 1. The Kier molecular flexibility index (Phi) is 3.42. The minimum Gasteiger partial charge on any atom is -0.481 e. The molecule has 0 aliphatic carbocycles. The van der Waals surface area contributed by atoms with Gasteiger partial charge >= 0.3 is 5.97 Å². The fourth-order valence-electron chi connectivity index (χ4n) is 2.89. The van der Waals surface area contributed by atoms with Gasteiger partial charge in [0.15, 0.2) is 0 Å². The van der Waals surface area contributed by atoms with E-state index in [1.165, 1.54) is 11.1 Å². The van der Waals surface area contributed by atoms with Gasteiger partial charge in [0.1, 0.15) is 0 Å². The lowest BCUT2D eigenvalue weighted by Crippen LogP contribution is -2.21. The Hall–Kier alpha value is -2.29. The van der Waals surface area contributed by atoms with Crippen LogP contribution in [-0.4, -0.2) is 17.6 Å². The maximum Gasteiger partial charge on any atom is 0.307 e. The Morgan fingerprint density at radius 2 is 1.90 bits per heavy atom. The number of aliphatic carboxylic acids is 1. The van der Waals surface area contributed by atoms with Crippen LogP contribution in [0.5, 0.6) is 0 Å². The highest BCUT2D eigenvalue weighted by molar-refractivity contribution is 5.75. The fraction of sp³-hybridized carbons (Fsp3) is 0.235. The zero-order valence-electron chi connectivity index (χ0n) is 11.2. The van der Waals surface area contributed by atoms with Crippen molar-refractivity contribution in [2.75, 3.05) is 11.4 Å². The summed E-state index contributed by atoms with van der Waals surface area (Å²) >= 11 is 0. The molecule has 0 bridgehead atoms. The first kappa shape index (κ1) is 12.7. The highest BCUT2D eigenvalue weighted by Crippen LogP contribution is 2.33. The number of fused-ring (bicyclic) bond motifs is 1. The molecule has 0 atom stereocenters. The summed E-state index contributed by atoms with van der Waals surface area (Å²) in [4.78, 5) is 13.3. The van der Waals surface area contributed by atoms with Crippen LogP contribution in [-0.2, 0) is 24.2 Å². The number of benzene rings is 2. The fourth-order valence-corrected chi connectivity index (χ4v) is 2.89. The minimum absolute atomic E-state index is 0.0917. The van der Waals surface area contributed by atoms with Gasteiger partial charge in [0.05, 0.1) is 6.42 Å². The van der Waals surface area contributed by atoms with Crippen molar-refractivity contribution >= 4 is 11.7 Å². The van der Waals surface area contributed by atoms with Crippen LogP contribution in [0, 0.1) is 0 Å². The molecule has 1 N–H and O–H groups in total. The Morgan fingerprint density at radius 3 is 2.65 bits per heavy atom. The third-order valence-corrected chi connectivity index (χ3v) is 3.73. The first-order chi connectivity index (χ1) is 9.74. The summed E-state index contributed by atoms with van der Waals surface area (Å²) in [6, 6.07) is 16.3. The average molecular weight is 267 g/mol. The lowest BCUT2D eigenvalue weighted by Gasteiger charge is -2.22. The molecule has 2 aromatic carbocycles. The van der Waals surface area contributed by atoms with Crippen LogP contribution >= 0.6 is 0 Å². The predicted octanol–water partition coefficient (Wildman–Crippen LogP) is 2.88. The molecule has 0 fully saturated rings. The number of para-hydroxylation sites is 1. The molecule has 1 heterocycles. The largest absolute Gasteiger partial charge is 0.481 e. The number of anilines is 1. The summed E-state index contributed by atoms with van der Waals surface area (Å²) < 4.78 is 0. The van der Waals surface area contributed by atoms with E-state index in [1.807, 2.05) is 30.3 Å². The lowest BCUT2D eigenvalue weighted by atomic mass is 10.0. The van der Waals surface area contributed by atoms with Gasteiger partial charge in [-0.2, -0.15) is 0 Å². The van der Waals surface area contributed by atoms with Crippen LogP contribution in [0.25, 0.3) is 0 Å². The monoisotopic (exact) mass is 267 g/mol. The molecular weight excluding hydrogens is 250 g/mol. The minimum atomic E-state index is -0.773. The lowest BCUT2D eigenvalue weighted by molar-refractivity contribution is -0.136. The molecule has 1 aliphatic rings. The second-order valence-corrected chi connectivity index (χ2v) is 5.15. The quantitative estimate of drug-likeness (QED) is 0.926. The first-order valence-corrected chi connectivity index (χ1v) is 6.85. The molecular formula is C17H17NO2. The highest BCUT2D eigenvalue weighted by Gasteiger charge is 2.22. The van der Waals surface area contributed by atoms with Crippen molar-refractivity contribution in [1.29, 1.82) is 0 Å². The van der Waals surface area contributed by atoms with E-state index in [2.05, 4.69) is 23.1 Å². The van der Waals surface area contributed by atoms with Crippen molar-refractivity contribution in [3.05, 3.63) is 65.2 Å². The van der Waals surface area contributed by atoms with E-state index in [4.69, 9.17) is 5.11 Å². The molecule has 0 aromatic heterocycles. The van der Waals surface area contributed by atoms with Crippen molar-refractivity contribution in [2.24, 2.45) is 0 Å². The summed E-state index contributed by atoms with van der Waals surface area (Å²) in [6.45, 7) is 1.80. The van der Waals surface area contributed by atoms with Gasteiger partial charge < -0.3 is 10.0 Å². The van der Waals surface area contributed by atoms with Gasteiger partial charge in [-0.15, -0.1) is 0 Å². The Labute approximate surface area is 118 Å². The topological polar surface area (TPSA) is 40.5 Å². The SMILES string of the molecule is O=C(O)Cc1cccc2c1N(Cc1ccccc1)CC2. The van der Waals surface area contributed by atoms with Crippen molar-refractivity contribution < 1.29 is 9.90 Å². The molecule has 1 aliphatic heterocycles. The van der Waals surface area contributed by atoms with Crippen LogP contribution in [0.4, 0.5) is 5.69 Å². The van der Waals surface area contributed by atoms with Crippen LogP contribution in [0.2, 0.25) is 0 Å². The number of rotatable bonds is 4. The first-order valence-electron chi connectivity index (χ1n) is 6.85. The van der Waals surface area contributed by atoms with Gasteiger partial charge in [0.25, 0.3) is 0 Å². The number of nitrogens with zero attached hydrogens (tertiary/aromatic N) is 1. The standard InChI is InChI=1S/C17H17NO2/c19-16(20)11-15-8-4-7-14-9-10-18(17(14)15)12-13-5-2-1-3-6-13/h1-8H,9-12H2,(H,19,20). The molecule has 0 spiro atoms. The molecule has 2 aromatic rings. The molecule has 0 saturated heterocycles. The zero-order chi connectivity index (χ0) is 13.9. The number of hydrogen-bond donors (Lipinski definition) is 1. The predicted molar refractivity (Wildman–Crippen MR) is 79.0 cm³/mol. The second-order valence-electron chi connectivity index (χ2n) is 5.15. The van der Waals surface area contributed by atoms with E-state index in [9.17, 15) is 4.79 Å². The zero-order valence-corrected chi connectivity index (χ0v) is 11.2. The van der Waals surface area contributed by atoms with Gasteiger partial charge in [-0.05, 0) is 23.1 Å². The molecule has 0 radical (unpaired) electrons. The normalized spacial score (nSPS) is 13.3. The third-order valence-electron chi connectivity index (χ3n) is 3.73. The van der Waals surface area contributed by atoms with E-state index >= 15 is 0 Å². The summed E-state index contributed by atoms with van der Waals surface area (Å²) in [5, 5.41) is 9.06. The molecule has 0 saturated carbocycles. The van der Waals surface area contributed by atoms with Crippen LogP contribution in [0.3, 0.4) is 0 Å². The van der Waals surface area contributed by atoms with Crippen LogP contribution in [0.15, 0.2) is 48.5 Å². The maximum atomic E-state index is 11.0. The second kappa shape index (κ2) is 5.37. The summed E-state index contributed by atoms with van der Waals surface area (Å²) in [7, 11) is 0. The van der Waals surface area contributed by atoms with E-state index in [0.29, 0.717) is 0 Å². The molecule has 20 heavy (non-hydrogen) atoms. The number of carbonyl (C=O) groups is 1. The molecule has 3 nitrogen and oxygen atoms in total. The van der Waals surface area contributed by atoms with Crippen molar-refractivity contribution in [3.8, 4) is 0 Å². The van der Waals surface area contributed by atoms with Gasteiger partial charge in [-0.25, -0.2) is 0 Å². The summed E-state index contributed by atoms with van der Waals surface area (Å²) in [5.74, 6) is -0.773. The van der Waals surface area contributed by atoms with Crippen molar-refractivity contribution in [1.82, 2.24) is 0 Å². The molecule has 3 heteroatoms. The number of carboxylic acids is 1. The molecule has 102 valence electrons. The third kappa shape index (κ3) is 2.52. The van der Waals surface area contributed by atoms with E-state index in [-0.39, 0.29) is 6.42 Å². The van der Waals surface area contributed by atoms with E-state index in [1.54, 1.807) is 0 Å². The molecule has 0 amide bonds. The summed E-state index contributed by atoms with van der Waals surface area (Å²) in [5.41, 5.74) is 4.56. The van der Waals surface area contributed by atoms with Crippen molar-refractivity contribution in [2.45, 2.75) is 19.4 Å². The smallest absolute Gasteiger partial charge is 0.307 e. The maximum absolute atomic E-state index is 11.0. The van der Waals surface area contributed by atoms with E-state index < -0.39 is 5.97 Å². The Morgan fingerprint density at radius 1 is 1.10 bits per heavy atom. The average Bonchev–Trinajstić information content (AvgIpc) is 2.84. The van der Waals surface area contributed by atoms with Crippen LogP contribution < -0.4 is 4.90 Å². The molecule has 0 unspecified atom stereocenters. The van der Waals surface area contributed by atoms with Gasteiger partial charge in [-0.3, -0.25) is 4.79 Å². The number of hydrogen-bond acceptors (Lipinski definition) is 2. The van der Waals surface area contributed by atoms with E-state index in [0.717, 1.165) is 30.8 Å². The molecule has 3 rings (SSSR count). The Balaban J connectivity index is 1.90. The summed E-state index contributed by atoms with van der Waals surface area (Å²) in [6.07, 6.45) is 1.09. The Bertz CT molecular complexity index is 622.